The standard InChI is InChI=1S/C37H50ClN9O6/c1-26(20-45-25-39-24-42-45)53-35-17-27(3-10-33(35)38)28-18-40-37(41-19-28)43-34-21-46(44-36(34)52-16-15-50-14-13-49-12-11-48-2)29-4-6-30(7-5-29)47-31-8-9-32(47)23-51-22-31/h3,10,17-19,21,24-26,29-32H,4-9,11-16,20,22-23H2,1-2H3,(H,40,41,43)/t26?,29?,30?,31-,32+. The molecule has 4 aromatic rings. The van der Waals surface area contributed by atoms with E-state index in [1.165, 1.54) is 19.2 Å². The number of rotatable bonds is 19. The van der Waals surface area contributed by atoms with Crippen molar-refractivity contribution in [3.8, 4) is 22.8 Å². The van der Waals surface area contributed by atoms with E-state index >= 15 is 0 Å². The lowest BCUT2D eigenvalue weighted by molar-refractivity contribution is -0.0458. The fourth-order valence-corrected chi connectivity index (χ4v) is 7.74. The molecule has 5 heterocycles. The molecular formula is C37H50ClN9O6. The van der Waals surface area contributed by atoms with Crippen molar-refractivity contribution in [3.63, 3.8) is 0 Å². The van der Waals surface area contributed by atoms with Gasteiger partial charge in [-0.25, -0.2) is 19.6 Å². The van der Waals surface area contributed by atoms with Crippen LogP contribution in [-0.4, -0.2) is 124 Å². The number of anilines is 2. The van der Waals surface area contributed by atoms with Crippen LogP contribution in [0.15, 0.2) is 49.4 Å². The van der Waals surface area contributed by atoms with Gasteiger partial charge in [-0.1, -0.05) is 17.7 Å². The summed E-state index contributed by atoms with van der Waals surface area (Å²) >= 11 is 6.49. The molecule has 0 amide bonds. The van der Waals surface area contributed by atoms with E-state index in [-0.39, 0.29) is 12.1 Å². The first-order valence-corrected chi connectivity index (χ1v) is 19.0. The first-order valence-electron chi connectivity index (χ1n) is 18.6. The molecule has 3 aliphatic rings. The molecule has 2 bridgehead atoms. The van der Waals surface area contributed by atoms with Gasteiger partial charge < -0.3 is 33.7 Å². The first-order chi connectivity index (χ1) is 26.0. The predicted octanol–water partition coefficient (Wildman–Crippen LogP) is 5.20. The molecule has 2 aliphatic heterocycles. The lowest BCUT2D eigenvalue weighted by Crippen LogP contribution is -2.52. The van der Waals surface area contributed by atoms with Gasteiger partial charge in [0.1, 0.15) is 36.8 Å². The lowest BCUT2D eigenvalue weighted by Gasteiger charge is -2.43. The van der Waals surface area contributed by atoms with E-state index in [0.29, 0.717) is 92.6 Å². The third-order valence-corrected chi connectivity index (χ3v) is 10.4. The Kier molecular flexibility index (Phi) is 13.0. The zero-order valence-electron chi connectivity index (χ0n) is 30.5. The molecule has 0 radical (unpaired) electrons. The molecule has 1 unspecified atom stereocenters. The Morgan fingerprint density at radius 1 is 0.887 bits per heavy atom. The number of hydrogen-bond acceptors (Lipinski definition) is 13. The molecule has 286 valence electrons. The molecule has 15 nitrogen and oxygen atoms in total. The molecule has 1 aromatic carbocycles. The van der Waals surface area contributed by atoms with Crippen LogP contribution in [0.1, 0.15) is 51.5 Å². The largest absolute Gasteiger partial charge is 0.487 e. The molecule has 3 atom stereocenters. The Bertz CT molecular complexity index is 1690. The number of nitrogens with one attached hydrogen (secondary N) is 1. The molecule has 3 fully saturated rings. The van der Waals surface area contributed by atoms with Crippen molar-refractivity contribution in [1.29, 1.82) is 0 Å². The number of methoxy groups -OCH3 is 1. The van der Waals surface area contributed by atoms with Crippen molar-refractivity contribution >= 4 is 23.2 Å². The SMILES string of the molecule is COCCOCCOCCOc1nn(C2CCC(N3[C@@H]4CC[C@H]3COC4)CC2)cc1Nc1ncc(-c2ccc(Cl)c(OC(C)Cn3cncn3)c2)cn1. The minimum absolute atomic E-state index is 0.175. The maximum atomic E-state index is 6.49. The van der Waals surface area contributed by atoms with Gasteiger partial charge in [-0.2, -0.15) is 5.10 Å². The van der Waals surface area contributed by atoms with Gasteiger partial charge in [-0.3, -0.25) is 9.58 Å². The smallest absolute Gasteiger partial charge is 0.257 e. The number of morpholine rings is 1. The average molecular weight is 752 g/mol. The number of nitrogens with zero attached hydrogens (tertiary/aromatic N) is 8. The number of halogens is 1. The van der Waals surface area contributed by atoms with Gasteiger partial charge in [0, 0.05) is 43.2 Å². The van der Waals surface area contributed by atoms with Crippen LogP contribution >= 0.6 is 11.6 Å². The van der Waals surface area contributed by atoms with Crippen LogP contribution < -0.4 is 14.8 Å². The van der Waals surface area contributed by atoms with Crippen LogP contribution in [0.5, 0.6) is 11.6 Å². The number of aromatic nitrogens is 7. The molecule has 1 aliphatic carbocycles. The summed E-state index contributed by atoms with van der Waals surface area (Å²) in [4.78, 5) is 16.0. The Balaban J connectivity index is 0.988. The second kappa shape index (κ2) is 18.5. The summed E-state index contributed by atoms with van der Waals surface area (Å²) in [6.45, 7) is 7.08. The van der Waals surface area contributed by atoms with Gasteiger partial charge in [0.15, 0.2) is 0 Å². The monoisotopic (exact) mass is 751 g/mol. The molecule has 16 heteroatoms. The van der Waals surface area contributed by atoms with Crippen molar-refractivity contribution < 1.29 is 28.4 Å². The average Bonchev–Trinajstić information content (AvgIpc) is 3.90. The topological polar surface area (TPSA) is 145 Å². The van der Waals surface area contributed by atoms with E-state index in [9.17, 15) is 0 Å². The Hall–Kier alpha value is -3.86. The van der Waals surface area contributed by atoms with Gasteiger partial charge >= 0.3 is 0 Å². The maximum Gasteiger partial charge on any atom is 0.257 e. The summed E-state index contributed by atoms with van der Waals surface area (Å²) in [7, 11) is 1.65. The highest BCUT2D eigenvalue weighted by molar-refractivity contribution is 6.32. The fraction of sp³-hybridized carbons (Fsp3) is 0.595. The maximum absolute atomic E-state index is 6.49. The number of hydrogen-bond donors (Lipinski definition) is 1. The van der Waals surface area contributed by atoms with E-state index in [0.717, 1.165) is 50.0 Å². The molecule has 53 heavy (non-hydrogen) atoms. The molecule has 3 aromatic heterocycles. The molecule has 2 saturated heterocycles. The molecule has 7 rings (SSSR count). The van der Waals surface area contributed by atoms with Crippen LogP contribution in [0.25, 0.3) is 11.1 Å². The van der Waals surface area contributed by atoms with Crippen molar-refractivity contribution in [2.45, 2.75) is 82.3 Å². The quantitative estimate of drug-likeness (QED) is 0.125. The van der Waals surface area contributed by atoms with E-state index < -0.39 is 0 Å². The zero-order chi connectivity index (χ0) is 36.4. The summed E-state index contributed by atoms with van der Waals surface area (Å²) < 4.78 is 38.1. The van der Waals surface area contributed by atoms with Crippen molar-refractivity contribution in [1.82, 2.24) is 39.4 Å². The molecular weight excluding hydrogens is 702 g/mol. The normalized spacial score (nSPS) is 22.2. The first kappa shape index (κ1) is 37.5. The fourth-order valence-electron chi connectivity index (χ4n) is 7.57. The van der Waals surface area contributed by atoms with Gasteiger partial charge in [-0.05, 0) is 63.1 Å². The third-order valence-electron chi connectivity index (χ3n) is 10.1. The highest BCUT2D eigenvalue weighted by Crippen LogP contribution is 2.39. The Labute approximate surface area is 315 Å². The van der Waals surface area contributed by atoms with Crippen LogP contribution in [0.2, 0.25) is 5.02 Å². The predicted molar refractivity (Wildman–Crippen MR) is 198 cm³/mol. The molecule has 1 N–H and O–H groups in total. The van der Waals surface area contributed by atoms with Gasteiger partial charge in [0.2, 0.25) is 5.95 Å². The molecule has 0 spiro atoms. The van der Waals surface area contributed by atoms with Crippen LogP contribution in [0.4, 0.5) is 11.6 Å². The van der Waals surface area contributed by atoms with Crippen LogP contribution in [0, 0.1) is 0 Å². The number of fused-ring (bicyclic) bond motifs is 2. The van der Waals surface area contributed by atoms with E-state index in [1.807, 2.05) is 31.3 Å². The van der Waals surface area contributed by atoms with E-state index in [4.69, 9.17) is 45.1 Å². The summed E-state index contributed by atoms with van der Waals surface area (Å²) in [5, 5.41) is 12.9. The highest BCUT2D eigenvalue weighted by atomic mass is 35.5. The van der Waals surface area contributed by atoms with Crippen LogP contribution in [-0.2, 0) is 25.5 Å². The van der Waals surface area contributed by atoms with Crippen molar-refractivity contribution in [3.05, 3.63) is 54.5 Å². The summed E-state index contributed by atoms with van der Waals surface area (Å²) in [6, 6.07) is 7.69. The Morgan fingerprint density at radius 2 is 1.58 bits per heavy atom. The third kappa shape index (κ3) is 9.82. The molecule has 1 saturated carbocycles. The Morgan fingerprint density at radius 3 is 2.30 bits per heavy atom. The second-order valence-electron chi connectivity index (χ2n) is 13.8. The second-order valence-corrected chi connectivity index (χ2v) is 14.2. The number of benzene rings is 1. The summed E-state index contributed by atoms with van der Waals surface area (Å²) in [6.07, 6.45) is 15.5. The van der Waals surface area contributed by atoms with Crippen molar-refractivity contribution in [2.75, 3.05) is 65.3 Å². The minimum atomic E-state index is -0.175. The van der Waals surface area contributed by atoms with Gasteiger partial charge in [0.05, 0.1) is 70.1 Å². The summed E-state index contributed by atoms with van der Waals surface area (Å²) in [5.41, 5.74) is 2.41. The van der Waals surface area contributed by atoms with Crippen LogP contribution in [0.3, 0.4) is 0 Å². The van der Waals surface area contributed by atoms with E-state index in [1.54, 1.807) is 30.5 Å². The highest BCUT2D eigenvalue weighted by Gasteiger charge is 2.42. The van der Waals surface area contributed by atoms with Gasteiger partial charge in [-0.15, -0.1) is 5.10 Å². The lowest BCUT2D eigenvalue weighted by atomic mass is 9.89. The van der Waals surface area contributed by atoms with E-state index in [2.05, 4.69) is 34.9 Å². The van der Waals surface area contributed by atoms with Gasteiger partial charge in [0.25, 0.3) is 5.88 Å². The van der Waals surface area contributed by atoms with Crippen molar-refractivity contribution in [2.24, 2.45) is 0 Å². The zero-order valence-corrected chi connectivity index (χ0v) is 31.3. The number of ether oxygens (including phenoxy) is 6. The summed E-state index contributed by atoms with van der Waals surface area (Å²) in [5.74, 6) is 1.49. The minimum Gasteiger partial charge on any atom is -0.487 e.